The molecule has 0 N–H and O–H groups in total. The second-order valence-corrected chi connectivity index (χ2v) is 14.1. The minimum absolute atomic E-state index is 0.861. The van der Waals surface area contributed by atoms with Gasteiger partial charge in [-0.2, -0.15) is 0 Å². The van der Waals surface area contributed by atoms with E-state index in [1.165, 1.54) is 54.2 Å². The molecule has 0 amide bonds. The summed E-state index contributed by atoms with van der Waals surface area (Å²) in [6.07, 6.45) is 0. The van der Waals surface area contributed by atoms with Gasteiger partial charge in [-0.15, -0.1) is 0 Å². The summed E-state index contributed by atoms with van der Waals surface area (Å²) in [5, 5.41) is 12.2. The van der Waals surface area contributed by atoms with E-state index < -0.39 is 0 Å². The fourth-order valence-corrected chi connectivity index (χ4v) is 8.37. The van der Waals surface area contributed by atoms with Gasteiger partial charge >= 0.3 is 0 Å². The van der Waals surface area contributed by atoms with Crippen LogP contribution in [0.15, 0.2) is 205 Å². The molecule has 0 fully saturated rings. The largest absolute Gasteiger partial charge is 0.453 e. The van der Waals surface area contributed by atoms with Crippen molar-refractivity contribution in [3.8, 4) is 22.3 Å². The number of benzene rings is 10. The van der Waals surface area contributed by atoms with Gasteiger partial charge in [0.25, 0.3) is 0 Å². The first-order chi connectivity index (χ1) is 26.8. The maximum atomic E-state index is 6.98. The number of nitrogens with zero attached hydrogens (tertiary/aromatic N) is 1. The van der Waals surface area contributed by atoms with Gasteiger partial charge in [-0.05, 0) is 96.2 Å². The summed E-state index contributed by atoms with van der Waals surface area (Å²) < 4.78 is 6.98. The first-order valence-corrected chi connectivity index (χ1v) is 18.5. The van der Waals surface area contributed by atoms with Crippen LogP contribution in [0.1, 0.15) is 0 Å². The Kier molecular flexibility index (Phi) is 6.90. The average molecular weight is 688 g/mol. The van der Waals surface area contributed by atoms with Crippen molar-refractivity contribution in [3.05, 3.63) is 200 Å². The minimum atomic E-state index is 0.861. The molecule has 0 aliphatic rings. The predicted octanol–water partition coefficient (Wildman–Crippen LogP) is 15.0. The summed E-state index contributed by atoms with van der Waals surface area (Å²) in [6, 6.07) is 72.2. The van der Waals surface area contributed by atoms with Crippen LogP contribution < -0.4 is 4.90 Å². The minimum Gasteiger partial charge on any atom is -0.453 e. The van der Waals surface area contributed by atoms with Crippen molar-refractivity contribution >= 4 is 82.1 Å². The summed E-state index contributed by atoms with van der Waals surface area (Å²) >= 11 is 0. The molecule has 0 aliphatic heterocycles. The van der Waals surface area contributed by atoms with Gasteiger partial charge in [-0.25, -0.2) is 0 Å². The van der Waals surface area contributed by atoms with Crippen molar-refractivity contribution in [2.24, 2.45) is 0 Å². The highest BCUT2D eigenvalue weighted by Crippen LogP contribution is 2.45. The van der Waals surface area contributed by atoms with Gasteiger partial charge in [0.1, 0.15) is 5.58 Å². The van der Waals surface area contributed by atoms with Gasteiger partial charge in [0.2, 0.25) is 0 Å². The van der Waals surface area contributed by atoms with Crippen molar-refractivity contribution in [1.29, 1.82) is 0 Å². The molecule has 0 spiro atoms. The Morgan fingerprint density at radius 3 is 1.54 bits per heavy atom. The number of rotatable bonds is 5. The number of furan rings is 1. The number of hydrogen-bond acceptors (Lipinski definition) is 2. The molecule has 0 aliphatic carbocycles. The average Bonchev–Trinajstić information content (AvgIpc) is 3.64. The van der Waals surface area contributed by atoms with Crippen LogP contribution in [-0.4, -0.2) is 0 Å². The Morgan fingerprint density at radius 2 is 0.815 bits per heavy atom. The summed E-state index contributed by atoms with van der Waals surface area (Å²) in [5.41, 5.74) is 9.47. The molecule has 0 unspecified atom stereocenters. The standard InChI is InChI=1S/C52H33NO/c1-2-10-35(11-3-1)45-16-8-17-46-47-18-9-19-50(52(47)54-51(45)46)53(42-31-28-39-23-21-37-13-5-7-15-44(37)49(39)33-42)41-29-26-34(27-30-41)40-25-24-38-22-20-36-12-4-6-14-43(36)48(38)32-40/h1-33H. The molecule has 1 aromatic heterocycles. The predicted molar refractivity (Wildman–Crippen MR) is 229 cm³/mol. The Hall–Kier alpha value is -7.16. The van der Waals surface area contributed by atoms with Crippen LogP contribution in [0.3, 0.4) is 0 Å². The normalized spacial score (nSPS) is 11.7. The van der Waals surface area contributed by atoms with Crippen LogP contribution in [-0.2, 0) is 0 Å². The van der Waals surface area contributed by atoms with E-state index in [-0.39, 0.29) is 0 Å². The van der Waals surface area contributed by atoms with E-state index in [0.717, 1.165) is 50.1 Å². The zero-order valence-corrected chi connectivity index (χ0v) is 29.4. The zero-order chi connectivity index (χ0) is 35.6. The molecule has 2 heteroatoms. The van der Waals surface area contributed by atoms with Gasteiger partial charge in [0.15, 0.2) is 5.58 Å². The maximum absolute atomic E-state index is 6.98. The number of hydrogen-bond donors (Lipinski definition) is 0. The molecule has 1 heterocycles. The lowest BCUT2D eigenvalue weighted by Crippen LogP contribution is -2.10. The van der Waals surface area contributed by atoms with E-state index in [2.05, 4.69) is 205 Å². The first kappa shape index (κ1) is 30.5. The van der Waals surface area contributed by atoms with Crippen molar-refractivity contribution < 1.29 is 4.42 Å². The van der Waals surface area contributed by atoms with Crippen LogP contribution in [0.5, 0.6) is 0 Å². The molecule has 11 rings (SSSR count). The number of para-hydroxylation sites is 2. The third-order valence-corrected chi connectivity index (χ3v) is 11.0. The van der Waals surface area contributed by atoms with Crippen molar-refractivity contribution in [1.82, 2.24) is 0 Å². The van der Waals surface area contributed by atoms with Gasteiger partial charge in [0.05, 0.1) is 5.69 Å². The lowest BCUT2D eigenvalue weighted by Gasteiger charge is -2.26. The third kappa shape index (κ3) is 4.88. The molecule has 0 radical (unpaired) electrons. The van der Waals surface area contributed by atoms with Crippen molar-refractivity contribution in [2.75, 3.05) is 4.90 Å². The molecule has 0 atom stereocenters. The van der Waals surface area contributed by atoms with Crippen LogP contribution in [0.2, 0.25) is 0 Å². The Labute approximate surface area is 312 Å². The van der Waals surface area contributed by atoms with Crippen molar-refractivity contribution in [2.45, 2.75) is 0 Å². The third-order valence-electron chi connectivity index (χ3n) is 11.0. The number of anilines is 3. The van der Waals surface area contributed by atoms with Crippen LogP contribution >= 0.6 is 0 Å². The monoisotopic (exact) mass is 687 g/mol. The summed E-state index contributed by atoms with van der Waals surface area (Å²) in [4.78, 5) is 2.35. The SMILES string of the molecule is c1ccc(-c2cccc3c2oc2c(N(c4ccc(-c5ccc6ccc7ccccc7c6c5)cc4)c4ccc5ccc6ccccc6c5c4)cccc23)cc1. The van der Waals surface area contributed by atoms with E-state index in [9.17, 15) is 0 Å². The highest BCUT2D eigenvalue weighted by molar-refractivity contribution is 6.14. The summed E-state index contributed by atoms with van der Waals surface area (Å²) in [7, 11) is 0. The maximum Gasteiger partial charge on any atom is 0.159 e. The van der Waals surface area contributed by atoms with E-state index in [1.807, 2.05) is 0 Å². The smallest absolute Gasteiger partial charge is 0.159 e. The van der Waals surface area contributed by atoms with Crippen molar-refractivity contribution in [3.63, 3.8) is 0 Å². The van der Waals surface area contributed by atoms with Crippen LogP contribution in [0.4, 0.5) is 17.1 Å². The lowest BCUT2D eigenvalue weighted by molar-refractivity contribution is 0.670. The van der Waals surface area contributed by atoms with Gasteiger partial charge in [-0.3, -0.25) is 0 Å². The molecule has 54 heavy (non-hydrogen) atoms. The first-order valence-electron chi connectivity index (χ1n) is 18.5. The summed E-state index contributed by atoms with van der Waals surface area (Å²) in [5.74, 6) is 0. The van der Waals surface area contributed by atoms with E-state index in [0.29, 0.717) is 0 Å². The molecule has 10 aromatic carbocycles. The Bertz CT molecular complexity index is 3210. The van der Waals surface area contributed by atoms with Gasteiger partial charge < -0.3 is 9.32 Å². The number of fused-ring (bicyclic) bond motifs is 9. The second-order valence-electron chi connectivity index (χ2n) is 14.1. The van der Waals surface area contributed by atoms with Gasteiger partial charge in [0, 0.05) is 27.7 Å². The van der Waals surface area contributed by atoms with E-state index in [4.69, 9.17) is 4.42 Å². The van der Waals surface area contributed by atoms with Gasteiger partial charge in [-0.1, -0.05) is 164 Å². The van der Waals surface area contributed by atoms with E-state index >= 15 is 0 Å². The molecule has 11 aromatic rings. The summed E-state index contributed by atoms with van der Waals surface area (Å²) in [6.45, 7) is 0. The molecular formula is C52H33NO. The highest BCUT2D eigenvalue weighted by atomic mass is 16.3. The van der Waals surface area contributed by atoms with Crippen LogP contribution in [0.25, 0.3) is 87.3 Å². The fraction of sp³-hybridized carbons (Fsp3) is 0. The van der Waals surface area contributed by atoms with Crippen LogP contribution in [0, 0.1) is 0 Å². The molecule has 252 valence electrons. The molecule has 0 saturated carbocycles. The topological polar surface area (TPSA) is 16.4 Å². The molecule has 2 nitrogen and oxygen atoms in total. The highest BCUT2D eigenvalue weighted by Gasteiger charge is 2.21. The zero-order valence-electron chi connectivity index (χ0n) is 29.4. The second kappa shape index (κ2) is 12.2. The quantitative estimate of drug-likeness (QED) is 0.168. The Balaban J connectivity index is 1.11. The Morgan fingerprint density at radius 1 is 0.296 bits per heavy atom. The van der Waals surface area contributed by atoms with E-state index in [1.54, 1.807) is 0 Å². The fourth-order valence-electron chi connectivity index (χ4n) is 8.37. The lowest BCUT2D eigenvalue weighted by atomic mass is 9.97. The molecular weight excluding hydrogens is 655 g/mol. The molecule has 0 saturated heterocycles. The molecule has 0 bridgehead atoms.